The fourth-order valence-electron chi connectivity index (χ4n) is 3.77. The number of hydrogen-bond donors (Lipinski definition) is 2. The van der Waals surface area contributed by atoms with E-state index in [9.17, 15) is 19.2 Å². The maximum absolute atomic E-state index is 12.6. The van der Waals surface area contributed by atoms with Crippen molar-refractivity contribution in [1.82, 2.24) is 9.78 Å². The Morgan fingerprint density at radius 3 is 2.55 bits per heavy atom. The lowest BCUT2D eigenvalue weighted by atomic mass is 10.1. The van der Waals surface area contributed by atoms with Gasteiger partial charge in [0.05, 0.1) is 48.9 Å². The van der Waals surface area contributed by atoms with Gasteiger partial charge in [0.1, 0.15) is 0 Å². The molecule has 1 aliphatic rings. The highest BCUT2D eigenvalue weighted by Crippen LogP contribution is 2.25. The zero-order valence-electron chi connectivity index (χ0n) is 18.1. The number of aromatic nitrogens is 2. The van der Waals surface area contributed by atoms with Crippen LogP contribution in [0.3, 0.4) is 0 Å². The first kappa shape index (κ1) is 22.3. The normalized spacial score (nSPS) is 13.7. The van der Waals surface area contributed by atoms with Crippen LogP contribution in [0.15, 0.2) is 52.1 Å². The Balaban J connectivity index is 1.51. The van der Waals surface area contributed by atoms with Crippen molar-refractivity contribution < 1.29 is 19.1 Å². The van der Waals surface area contributed by atoms with Crippen LogP contribution >= 0.6 is 0 Å². The zero-order valence-corrected chi connectivity index (χ0v) is 18.1. The Morgan fingerprint density at radius 1 is 1.09 bits per heavy atom. The van der Waals surface area contributed by atoms with Gasteiger partial charge in [-0.25, -0.2) is 9.48 Å². The molecule has 1 fully saturated rings. The summed E-state index contributed by atoms with van der Waals surface area (Å²) in [4.78, 5) is 51.9. The fourth-order valence-corrected chi connectivity index (χ4v) is 3.77. The molecule has 172 valence electrons. The van der Waals surface area contributed by atoms with Crippen molar-refractivity contribution in [1.29, 1.82) is 0 Å². The molecule has 10 nitrogen and oxygen atoms in total. The lowest BCUT2D eigenvalue weighted by Crippen LogP contribution is -2.36. The van der Waals surface area contributed by atoms with E-state index in [0.29, 0.717) is 37.4 Å². The Hall–Kier alpha value is -3.92. The van der Waals surface area contributed by atoms with Crippen LogP contribution in [0.1, 0.15) is 16.8 Å². The molecule has 10 heteroatoms. The molecule has 33 heavy (non-hydrogen) atoms. The van der Waals surface area contributed by atoms with Gasteiger partial charge in [-0.3, -0.25) is 19.5 Å². The molecule has 2 heterocycles. The van der Waals surface area contributed by atoms with Gasteiger partial charge >= 0.3 is 5.97 Å². The minimum Gasteiger partial charge on any atom is -0.465 e. The molecule has 0 saturated carbocycles. The van der Waals surface area contributed by atoms with Crippen LogP contribution in [0.5, 0.6) is 0 Å². The highest BCUT2D eigenvalue weighted by Gasteiger charge is 2.19. The second-order valence-corrected chi connectivity index (χ2v) is 7.56. The first-order chi connectivity index (χ1) is 16.0. The van der Waals surface area contributed by atoms with Crippen LogP contribution in [0.25, 0.3) is 10.8 Å². The van der Waals surface area contributed by atoms with Crippen LogP contribution in [0.4, 0.5) is 11.4 Å². The third-order valence-electron chi connectivity index (χ3n) is 5.51. The summed E-state index contributed by atoms with van der Waals surface area (Å²) in [5.74, 6) is -0.990. The first-order valence-electron chi connectivity index (χ1n) is 10.5. The monoisotopic (exact) mass is 452 g/mol. The van der Waals surface area contributed by atoms with Crippen molar-refractivity contribution in [2.24, 2.45) is 0 Å². The maximum Gasteiger partial charge on any atom is 0.340 e. The molecule has 1 saturated heterocycles. The molecule has 3 aromatic rings. The average Bonchev–Trinajstić information content (AvgIpc) is 2.85. The third kappa shape index (κ3) is 4.80. The summed E-state index contributed by atoms with van der Waals surface area (Å²) in [5.41, 5.74) is 0.576. The number of rotatable bonds is 6. The number of morpholine rings is 1. The van der Waals surface area contributed by atoms with E-state index >= 15 is 0 Å². The number of hydrogen-bond acceptors (Lipinski definition) is 7. The molecule has 1 aliphatic heterocycles. The highest BCUT2D eigenvalue weighted by molar-refractivity contribution is 6.02. The molecule has 2 aromatic carbocycles. The van der Waals surface area contributed by atoms with Crippen LogP contribution in [-0.4, -0.2) is 55.1 Å². The van der Waals surface area contributed by atoms with Crippen molar-refractivity contribution in [2.75, 3.05) is 43.6 Å². The van der Waals surface area contributed by atoms with Crippen molar-refractivity contribution in [2.45, 2.75) is 13.0 Å². The van der Waals surface area contributed by atoms with Crippen molar-refractivity contribution >= 4 is 34.0 Å². The van der Waals surface area contributed by atoms with E-state index in [-0.39, 0.29) is 29.5 Å². The van der Waals surface area contributed by atoms with Crippen molar-refractivity contribution in [3.05, 3.63) is 68.7 Å². The van der Waals surface area contributed by atoms with Gasteiger partial charge in [-0.1, -0.05) is 12.1 Å². The van der Waals surface area contributed by atoms with Gasteiger partial charge in [-0.15, -0.1) is 0 Å². The molecule has 0 atom stereocenters. The maximum atomic E-state index is 12.6. The number of aromatic amines is 1. The van der Waals surface area contributed by atoms with E-state index in [1.165, 1.54) is 7.11 Å². The number of fused-ring (bicyclic) bond motifs is 1. The number of H-pyrrole nitrogens is 1. The number of methoxy groups -OCH3 is 1. The minimum atomic E-state index is -0.574. The van der Waals surface area contributed by atoms with Gasteiger partial charge in [-0.2, -0.15) is 0 Å². The SMILES string of the molecule is COC(=O)c1cc(N2CCOCC2)ccc1NC(=O)CCn1[nH]c(=O)c2ccccc2c1=O. The van der Waals surface area contributed by atoms with Crippen molar-refractivity contribution in [3.8, 4) is 0 Å². The van der Waals surface area contributed by atoms with Crippen LogP contribution < -0.4 is 21.3 Å². The number of nitrogens with one attached hydrogen (secondary N) is 2. The third-order valence-corrected chi connectivity index (χ3v) is 5.51. The molecule has 0 bridgehead atoms. The van der Waals surface area contributed by atoms with Crippen LogP contribution in [0.2, 0.25) is 0 Å². The minimum absolute atomic E-state index is 0.0237. The summed E-state index contributed by atoms with van der Waals surface area (Å²) in [6.45, 7) is 2.57. The summed E-state index contributed by atoms with van der Waals surface area (Å²) >= 11 is 0. The van der Waals surface area contributed by atoms with E-state index in [1.54, 1.807) is 36.4 Å². The quantitative estimate of drug-likeness (QED) is 0.541. The Labute approximate surface area is 188 Å². The van der Waals surface area contributed by atoms with E-state index in [2.05, 4.69) is 15.3 Å². The Bertz CT molecular complexity index is 1310. The molecule has 4 rings (SSSR count). The molecule has 0 unspecified atom stereocenters. The standard InChI is InChI=1S/C23H24N4O6/c1-32-23(31)18-14-15(26-10-12-33-13-11-26)6-7-19(18)24-20(28)8-9-27-22(30)17-5-3-2-4-16(17)21(29)25-27/h2-7,14H,8-13H2,1H3,(H,24,28)(H,25,29). The number of esters is 1. The summed E-state index contributed by atoms with van der Waals surface area (Å²) in [7, 11) is 1.28. The van der Waals surface area contributed by atoms with Gasteiger partial charge in [0, 0.05) is 25.2 Å². The predicted molar refractivity (Wildman–Crippen MR) is 123 cm³/mol. The van der Waals surface area contributed by atoms with Crippen molar-refractivity contribution in [3.63, 3.8) is 0 Å². The molecular formula is C23H24N4O6. The lowest BCUT2D eigenvalue weighted by molar-refractivity contribution is -0.116. The van der Waals surface area contributed by atoms with Gasteiger partial charge in [0.2, 0.25) is 5.91 Å². The van der Waals surface area contributed by atoms with E-state index in [0.717, 1.165) is 10.4 Å². The molecule has 0 aliphatic carbocycles. The second kappa shape index (κ2) is 9.70. The van der Waals surface area contributed by atoms with Gasteiger partial charge < -0.3 is 19.7 Å². The van der Waals surface area contributed by atoms with Crippen LogP contribution in [0, 0.1) is 0 Å². The lowest BCUT2D eigenvalue weighted by Gasteiger charge is -2.29. The number of anilines is 2. The van der Waals surface area contributed by atoms with E-state index in [1.807, 2.05) is 6.07 Å². The highest BCUT2D eigenvalue weighted by atomic mass is 16.5. The molecular weight excluding hydrogens is 428 g/mol. The number of carbonyl (C=O) groups excluding carboxylic acids is 2. The first-order valence-corrected chi connectivity index (χ1v) is 10.5. The number of benzene rings is 2. The Morgan fingerprint density at radius 2 is 1.82 bits per heavy atom. The topological polar surface area (TPSA) is 123 Å². The summed E-state index contributed by atoms with van der Waals surface area (Å²) in [6, 6.07) is 11.6. The average molecular weight is 452 g/mol. The van der Waals surface area contributed by atoms with Gasteiger partial charge in [-0.05, 0) is 30.3 Å². The van der Waals surface area contributed by atoms with Crippen LogP contribution in [-0.2, 0) is 20.8 Å². The van der Waals surface area contributed by atoms with E-state index < -0.39 is 17.4 Å². The molecule has 0 radical (unpaired) electrons. The summed E-state index contributed by atoms with van der Waals surface area (Å²) in [5, 5.41) is 5.79. The van der Waals surface area contributed by atoms with Gasteiger partial charge in [0.15, 0.2) is 0 Å². The Kier molecular flexibility index (Phi) is 6.55. The molecule has 2 N–H and O–H groups in total. The smallest absolute Gasteiger partial charge is 0.340 e. The summed E-state index contributed by atoms with van der Waals surface area (Å²) in [6.07, 6.45) is -0.0833. The number of carbonyl (C=O) groups is 2. The fraction of sp³-hybridized carbons (Fsp3) is 0.304. The predicted octanol–water partition coefficient (Wildman–Crippen LogP) is 1.34. The molecule has 0 spiro atoms. The zero-order chi connectivity index (χ0) is 23.4. The number of amides is 1. The summed E-state index contributed by atoms with van der Waals surface area (Å²) < 4.78 is 11.4. The molecule has 1 aromatic heterocycles. The largest absolute Gasteiger partial charge is 0.465 e. The van der Waals surface area contributed by atoms with E-state index in [4.69, 9.17) is 9.47 Å². The van der Waals surface area contributed by atoms with Gasteiger partial charge in [0.25, 0.3) is 11.1 Å². The number of aryl methyl sites for hydroxylation is 1. The number of ether oxygens (including phenoxy) is 2. The second-order valence-electron chi connectivity index (χ2n) is 7.56. The molecule has 1 amide bonds. The number of nitrogens with zero attached hydrogens (tertiary/aromatic N) is 2.